The van der Waals surface area contributed by atoms with Gasteiger partial charge in [-0.05, 0) is 31.6 Å². The Kier molecular flexibility index (Phi) is 5.49. The van der Waals surface area contributed by atoms with Crippen LogP contribution in [0.4, 0.5) is 0 Å². The number of furan rings is 1. The fourth-order valence-electron chi connectivity index (χ4n) is 1.78. The Morgan fingerprint density at radius 2 is 1.95 bits per heavy atom. The molecule has 1 aromatic heterocycles. The van der Waals surface area contributed by atoms with Crippen molar-refractivity contribution in [1.29, 1.82) is 0 Å². The minimum atomic E-state index is -0.279. The Bertz CT molecular complexity index is 710. The van der Waals surface area contributed by atoms with E-state index in [2.05, 4.69) is 10.5 Å². The van der Waals surface area contributed by atoms with Gasteiger partial charge < -0.3 is 4.42 Å². The average molecular weight is 294 g/mol. The average Bonchev–Trinajstić information content (AvgIpc) is 2.96. The van der Waals surface area contributed by atoms with Gasteiger partial charge in [-0.2, -0.15) is 5.10 Å². The third-order valence-corrected chi connectivity index (χ3v) is 2.97. The maximum Gasteiger partial charge on any atom is 0.274 e. The van der Waals surface area contributed by atoms with E-state index in [0.29, 0.717) is 17.0 Å². The number of nitrogens with zero attached hydrogens (tertiary/aromatic N) is 1. The summed E-state index contributed by atoms with van der Waals surface area (Å²) in [5, 5.41) is 4.02. The molecule has 1 heterocycles. The summed E-state index contributed by atoms with van der Waals surface area (Å²) in [5.74, 6) is 0.297. The van der Waals surface area contributed by atoms with E-state index in [-0.39, 0.29) is 5.91 Å². The minimum absolute atomic E-state index is 0.279. The van der Waals surface area contributed by atoms with E-state index in [9.17, 15) is 4.79 Å². The fraction of sp³-hybridized carbons (Fsp3) is 0.111. The van der Waals surface area contributed by atoms with Gasteiger partial charge in [-0.3, -0.25) is 4.79 Å². The molecule has 1 aromatic carbocycles. The third kappa shape index (κ3) is 4.59. The molecule has 1 amide bonds. The predicted molar refractivity (Wildman–Crippen MR) is 88.6 cm³/mol. The Morgan fingerprint density at radius 1 is 1.18 bits per heavy atom. The maximum absolute atomic E-state index is 11.8. The minimum Gasteiger partial charge on any atom is -0.469 e. The number of carbonyl (C=O) groups is 1. The number of hydrogen-bond donors (Lipinski definition) is 1. The van der Waals surface area contributed by atoms with E-state index in [1.807, 2.05) is 61.6 Å². The van der Waals surface area contributed by atoms with Gasteiger partial charge in [0, 0.05) is 0 Å². The van der Waals surface area contributed by atoms with E-state index in [1.165, 1.54) is 6.26 Å². The van der Waals surface area contributed by atoms with E-state index in [0.717, 1.165) is 5.56 Å². The summed E-state index contributed by atoms with van der Waals surface area (Å²) < 4.78 is 5.08. The molecule has 112 valence electrons. The third-order valence-electron chi connectivity index (χ3n) is 2.97. The van der Waals surface area contributed by atoms with Crippen LogP contribution in [0.2, 0.25) is 0 Å². The van der Waals surface area contributed by atoms with Gasteiger partial charge in [-0.25, -0.2) is 5.43 Å². The first-order valence-corrected chi connectivity index (χ1v) is 6.95. The predicted octanol–water partition coefficient (Wildman–Crippen LogP) is 3.96. The SMILES string of the molecule is CC(C=CC=Cc1ccccc1)=NNC(=O)c1ccoc1C. The van der Waals surface area contributed by atoms with E-state index in [1.54, 1.807) is 13.0 Å². The van der Waals surface area contributed by atoms with E-state index >= 15 is 0 Å². The number of benzene rings is 1. The molecular weight excluding hydrogens is 276 g/mol. The number of aryl methyl sites for hydroxylation is 1. The largest absolute Gasteiger partial charge is 0.469 e. The van der Waals surface area contributed by atoms with Gasteiger partial charge in [0.15, 0.2) is 0 Å². The smallest absolute Gasteiger partial charge is 0.274 e. The second kappa shape index (κ2) is 7.78. The van der Waals surface area contributed by atoms with Gasteiger partial charge >= 0.3 is 0 Å². The van der Waals surface area contributed by atoms with Crippen molar-refractivity contribution in [1.82, 2.24) is 5.43 Å². The molecule has 2 rings (SSSR count). The van der Waals surface area contributed by atoms with Crippen LogP contribution in [0.1, 0.15) is 28.6 Å². The van der Waals surface area contributed by atoms with Crippen LogP contribution in [-0.4, -0.2) is 11.6 Å². The Labute approximate surface area is 129 Å². The summed E-state index contributed by atoms with van der Waals surface area (Å²) >= 11 is 0. The molecule has 0 spiro atoms. The second-order valence-corrected chi connectivity index (χ2v) is 4.71. The molecule has 0 aliphatic heterocycles. The van der Waals surface area contributed by atoms with Gasteiger partial charge in [0.25, 0.3) is 5.91 Å². The van der Waals surface area contributed by atoms with E-state index in [4.69, 9.17) is 4.42 Å². The maximum atomic E-state index is 11.8. The zero-order valence-corrected chi connectivity index (χ0v) is 12.6. The first-order chi connectivity index (χ1) is 10.7. The molecule has 2 aromatic rings. The van der Waals surface area contributed by atoms with Gasteiger partial charge in [-0.15, -0.1) is 0 Å². The molecule has 0 saturated heterocycles. The Morgan fingerprint density at radius 3 is 2.64 bits per heavy atom. The van der Waals surface area contributed by atoms with Crippen LogP contribution in [0.5, 0.6) is 0 Å². The van der Waals surface area contributed by atoms with Crippen LogP contribution < -0.4 is 5.43 Å². The molecule has 1 N–H and O–H groups in total. The number of hydrogen-bond acceptors (Lipinski definition) is 3. The van der Waals surface area contributed by atoms with Gasteiger partial charge in [0.2, 0.25) is 0 Å². The lowest BCUT2D eigenvalue weighted by molar-refractivity contribution is 0.0953. The van der Waals surface area contributed by atoms with Crippen molar-refractivity contribution in [3.05, 3.63) is 77.8 Å². The number of amides is 1. The highest BCUT2D eigenvalue weighted by molar-refractivity contribution is 5.98. The Balaban J connectivity index is 1.87. The van der Waals surface area contributed by atoms with Crippen molar-refractivity contribution in [3.63, 3.8) is 0 Å². The summed E-state index contributed by atoms with van der Waals surface area (Å²) in [4.78, 5) is 11.8. The monoisotopic (exact) mass is 294 g/mol. The van der Waals surface area contributed by atoms with Crippen molar-refractivity contribution < 1.29 is 9.21 Å². The van der Waals surface area contributed by atoms with Crippen LogP contribution in [0.25, 0.3) is 6.08 Å². The normalized spacial score (nSPS) is 12.2. The second-order valence-electron chi connectivity index (χ2n) is 4.71. The Hall–Kier alpha value is -2.88. The summed E-state index contributed by atoms with van der Waals surface area (Å²) in [6.45, 7) is 3.55. The summed E-state index contributed by atoms with van der Waals surface area (Å²) in [5.41, 5.74) is 4.82. The van der Waals surface area contributed by atoms with Crippen molar-refractivity contribution in [2.75, 3.05) is 0 Å². The molecule has 0 radical (unpaired) electrons. The molecule has 4 nitrogen and oxygen atoms in total. The number of hydrazone groups is 1. The highest BCUT2D eigenvalue weighted by atomic mass is 16.3. The lowest BCUT2D eigenvalue weighted by Gasteiger charge is -1.98. The zero-order chi connectivity index (χ0) is 15.8. The quantitative estimate of drug-likeness (QED) is 0.515. The molecule has 0 atom stereocenters. The number of allylic oxidation sites excluding steroid dienone is 3. The molecule has 0 bridgehead atoms. The summed E-state index contributed by atoms with van der Waals surface area (Å²) in [6.07, 6.45) is 9.10. The van der Waals surface area contributed by atoms with Crippen LogP contribution in [0.15, 0.2) is 70.4 Å². The summed E-state index contributed by atoms with van der Waals surface area (Å²) in [6, 6.07) is 11.6. The molecule has 0 aliphatic rings. The van der Waals surface area contributed by atoms with Crippen molar-refractivity contribution in [3.8, 4) is 0 Å². The highest BCUT2D eigenvalue weighted by Crippen LogP contribution is 2.07. The lowest BCUT2D eigenvalue weighted by Crippen LogP contribution is -2.18. The van der Waals surface area contributed by atoms with Crippen LogP contribution in [-0.2, 0) is 0 Å². The fourth-order valence-corrected chi connectivity index (χ4v) is 1.78. The van der Waals surface area contributed by atoms with Crippen molar-refractivity contribution >= 4 is 17.7 Å². The highest BCUT2D eigenvalue weighted by Gasteiger charge is 2.09. The topological polar surface area (TPSA) is 54.6 Å². The first-order valence-electron chi connectivity index (χ1n) is 6.95. The number of rotatable bonds is 5. The van der Waals surface area contributed by atoms with Crippen LogP contribution in [0, 0.1) is 6.92 Å². The van der Waals surface area contributed by atoms with Gasteiger partial charge in [0.05, 0.1) is 17.5 Å². The molecule has 22 heavy (non-hydrogen) atoms. The lowest BCUT2D eigenvalue weighted by atomic mass is 10.2. The molecule has 0 fully saturated rings. The van der Waals surface area contributed by atoms with Crippen molar-refractivity contribution in [2.45, 2.75) is 13.8 Å². The van der Waals surface area contributed by atoms with Crippen LogP contribution in [0.3, 0.4) is 0 Å². The van der Waals surface area contributed by atoms with Crippen molar-refractivity contribution in [2.24, 2.45) is 5.10 Å². The van der Waals surface area contributed by atoms with Gasteiger partial charge in [0.1, 0.15) is 5.76 Å². The summed E-state index contributed by atoms with van der Waals surface area (Å²) in [7, 11) is 0. The molecule has 0 saturated carbocycles. The van der Waals surface area contributed by atoms with Crippen LogP contribution >= 0.6 is 0 Å². The zero-order valence-electron chi connectivity index (χ0n) is 12.6. The molecule has 0 aliphatic carbocycles. The van der Waals surface area contributed by atoms with E-state index < -0.39 is 0 Å². The first kappa shape index (κ1) is 15.5. The molecule has 0 unspecified atom stereocenters. The molecular formula is C18H18N2O2. The standard InChI is InChI=1S/C18H18N2O2/c1-14(8-6-7-11-16-9-4-3-5-10-16)19-20-18(21)17-12-13-22-15(17)2/h3-13H,1-2H3,(H,20,21). The van der Waals surface area contributed by atoms with Gasteiger partial charge in [-0.1, -0.05) is 48.6 Å². The number of carbonyl (C=O) groups excluding carboxylic acids is 1. The number of nitrogens with one attached hydrogen (secondary N) is 1. The molecule has 4 heteroatoms.